The average molecular weight is 300 g/mol. The minimum absolute atomic E-state index is 0.279. The molecule has 0 aliphatic carbocycles. The van der Waals surface area contributed by atoms with Crippen molar-refractivity contribution < 1.29 is 14.6 Å². The molecule has 1 N–H and O–H groups in total. The smallest absolute Gasteiger partial charge is 0.123 e. The van der Waals surface area contributed by atoms with Crippen LogP contribution < -0.4 is 9.47 Å². The van der Waals surface area contributed by atoms with Crippen LogP contribution in [0.4, 0.5) is 0 Å². The molecular formula is C19H24O3. The van der Waals surface area contributed by atoms with Gasteiger partial charge in [-0.15, -0.1) is 0 Å². The lowest BCUT2D eigenvalue weighted by Crippen LogP contribution is -1.99. The van der Waals surface area contributed by atoms with Crippen molar-refractivity contribution in [1.29, 1.82) is 0 Å². The number of unbranched alkanes of at least 4 members (excludes halogenated alkanes) is 3. The Balaban J connectivity index is 1.72. The summed E-state index contributed by atoms with van der Waals surface area (Å²) in [6.45, 7) is 1.54. The van der Waals surface area contributed by atoms with Crippen LogP contribution in [-0.4, -0.2) is 18.3 Å². The summed E-state index contributed by atoms with van der Waals surface area (Å²) >= 11 is 0. The van der Waals surface area contributed by atoms with E-state index in [4.69, 9.17) is 14.6 Å². The second-order valence-electron chi connectivity index (χ2n) is 5.24. The van der Waals surface area contributed by atoms with Crippen molar-refractivity contribution in [3.8, 4) is 11.5 Å². The van der Waals surface area contributed by atoms with Crippen LogP contribution in [0.2, 0.25) is 0 Å². The number of aliphatic hydroxyl groups excluding tert-OH is 1. The highest BCUT2D eigenvalue weighted by Gasteiger charge is 1.99. The highest BCUT2D eigenvalue weighted by molar-refractivity contribution is 5.33. The molecule has 0 saturated carbocycles. The van der Waals surface area contributed by atoms with Gasteiger partial charge in [0, 0.05) is 12.7 Å². The first-order valence-corrected chi connectivity index (χ1v) is 7.89. The molecule has 0 aliphatic heterocycles. The molecule has 0 aliphatic rings. The fourth-order valence-electron chi connectivity index (χ4n) is 2.15. The number of rotatable bonds is 10. The van der Waals surface area contributed by atoms with Crippen molar-refractivity contribution in [2.75, 3.05) is 13.2 Å². The highest BCUT2D eigenvalue weighted by atomic mass is 16.5. The summed E-state index contributed by atoms with van der Waals surface area (Å²) in [5.41, 5.74) is 1.15. The zero-order valence-electron chi connectivity index (χ0n) is 12.9. The summed E-state index contributed by atoms with van der Waals surface area (Å²) in [5.74, 6) is 1.66. The maximum Gasteiger partial charge on any atom is 0.123 e. The Morgan fingerprint density at radius 3 is 2.23 bits per heavy atom. The molecule has 0 unspecified atom stereocenters. The third-order valence-corrected chi connectivity index (χ3v) is 3.38. The van der Waals surface area contributed by atoms with Crippen LogP contribution >= 0.6 is 0 Å². The zero-order chi connectivity index (χ0) is 15.5. The summed E-state index contributed by atoms with van der Waals surface area (Å²) in [5, 5.41) is 8.72. The van der Waals surface area contributed by atoms with E-state index in [1.807, 2.05) is 54.6 Å². The van der Waals surface area contributed by atoms with Crippen LogP contribution in [0.3, 0.4) is 0 Å². The molecule has 0 atom stereocenters. The van der Waals surface area contributed by atoms with E-state index in [0.29, 0.717) is 13.2 Å². The molecule has 0 aromatic heterocycles. The van der Waals surface area contributed by atoms with Crippen molar-refractivity contribution in [3.05, 3.63) is 60.2 Å². The maximum absolute atomic E-state index is 8.72. The summed E-state index contributed by atoms with van der Waals surface area (Å²) in [7, 11) is 0. The monoisotopic (exact) mass is 300 g/mol. The van der Waals surface area contributed by atoms with E-state index in [9.17, 15) is 0 Å². The van der Waals surface area contributed by atoms with Gasteiger partial charge in [-0.2, -0.15) is 0 Å². The van der Waals surface area contributed by atoms with E-state index >= 15 is 0 Å². The first kappa shape index (κ1) is 16.4. The second kappa shape index (κ2) is 9.85. The Morgan fingerprint density at radius 1 is 0.727 bits per heavy atom. The molecule has 118 valence electrons. The molecule has 2 rings (SSSR count). The van der Waals surface area contributed by atoms with Gasteiger partial charge in [-0.3, -0.25) is 0 Å². The zero-order valence-corrected chi connectivity index (χ0v) is 12.9. The van der Waals surface area contributed by atoms with Gasteiger partial charge in [0.1, 0.15) is 18.1 Å². The van der Waals surface area contributed by atoms with Crippen molar-refractivity contribution in [1.82, 2.24) is 0 Å². The number of hydrogen-bond acceptors (Lipinski definition) is 3. The van der Waals surface area contributed by atoms with Crippen molar-refractivity contribution in [2.24, 2.45) is 0 Å². The van der Waals surface area contributed by atoms with E-state index in [2.05, 4.69) is 0 Å². The molecule has 3 nitrogen and oxygen atoms in total. The molecule has 0 bridgehead atoms. The van der Waals surface area contributed by atoms with Gasteiger partial charge in [-0.25, -0.2) is 0 Å². The molecule has 0 spiro atoms. The molecule has 2 aromatic rings. The van der Waals surface area contributed by atoms with E-state index in [0.717, 1.165) is 42.7 Å². The third kappa shape index (κ3) is 6.19. The Labute approximate surface area is 132 Å². The molecule has 3 heteroatoms. The minimum Gasteiger partial charge on any atom is -0.493 e. The molecular weight excluding hydrogens is 276 g/mol. The largest absolute Gasteiger partial charge is 0.493 e. The second-order valence-corrected chi connectivity index (χ2v) is 5.24. The molecule has 0 heterocycles. The average Bonchev–Trinajstić information content (AvgIpc) is 2.57. The minimum atomic E-state index is 0.279. The fraction of sp³-hybridized carbons (Fsp3) is 0.368. The van der Waals surface area contributed by atoms with Gasteiger partial charge in [0.2, 0.25) is 0 Å². The molecule has 0 amide bonds. The van der Waals surface area contributed by atoms with Crippen LogP contribution in [0.15, 0.2) is 54.6 Å². The van der Waals surface area contributed by atoms with E-state index in [1.54, 1.807) is 0 Å². The molecule has 2 aromatic carbocycles. The van der Waals surface area contributed by atoms with E-state index < -0.39 is 0 Å². The SMILES string of the molecule is OCCCCCCOc1cccc(OCc2ccccc2)c1. The lowest BCUT2D eigenvalue weighted by atomic mass is 10.2. The van der Waals surface area contributed by atoms with Gasteiger partial charge in [0.25, 0.3) is 0 Å². The lowest BCUT2D eigenvalue weighted by Gasteiger charge is -2.09. The quantitative estimate of drug-likeness (QED) is 0.668. The summed E-state index contributed by atoms with van der Waals surface area (Å²) in [4.78, 5) is 0. The van der Waals surface area contributed by atoms with Gasteiger partial charge in [0.15, 0.2) is 0 Å². The van der Waals surface area contributed by atoms with Crippen LogP contribution in [-0.2, 0) is 6.61 Å². The first-order valence-electron chi connectivity index (χ1n) is 7.89. The van der Waals surface area contributed by atoms with Crippen molar-refractivity contribution in [2.45, 2.75) is 32.3 Å². The van der Waals surface area contributed by atoms with Gasteiger partial charge in [0.05, 0.1) is 6.61 Å². The van der Waals surface area contributed by atoms with Gasteiger partial charge in [-0.05, 0) is 37.0 Å². The predicted molar refractivity (Wildman–Crippen MR) is 88.3 cm³/mol. The maximum atomic E-state index is 8.72. The standard InChI is InChI=1S/C19H24O3/c20-13-6-1-2-7-14-21-18-11-8-12-19(15-18)22-16-17-9-4-3-5-10-17/h3-5,8-12,15,20H,1-2,6-7,13-14,16H2. The van der Waals surface area contributed by atoms with E-state index in [-0.39, 0.29) is 6.61 Å². The number of ether oxygens (including phenoxy) is 2. The normalized spacial score (nSPS) is 10.4. The van der Waals surface area contributed by atoms with Crippen LogP contribution in [0.25, 0.3) is 0 Å². The first-order chi connectivity index (χ1) is 10.9. The van der Waals surface area contributed by atoms with Crippen LogP contribution in [0.1, 0.15) is 31.2 Å². The van der Waals surface area contributed by atoms with Gasteiger partial charge >= 0.3 is 0 Å². The number of hydrogen-bond donors (Lipinski definition) is 1. The molecule has 0 saturated heterocycles. The highest BCUT2D eigenvalue weighted by Crippen LogP contribution is 2.20. The van der Waals surface area contributed by atoms with Crippen molar-refractivity contribution >= 4 is 0 Å². The number of aliphatic hydroxyl groups is 1. The van der Waals surface area contributed by atoms with Crippen LogP contribution in [0.5, 0.6) is 11.5 Å². The third-order valence-electron chi connectivity index (χ3n) is 3.38. The summed E-state index contributed by atoms with van der Waals surface area (Å²) < 4.78 is 11.5. The molecule has 0 radical (unpaired) electrons. The summed E-state index contributed by atoms with van der Waals surface area (Å²) in [6.07, 6.45) is 4.03. The van der Waals surface area contributed by atoms with Crippen LogP contribution in [0, 0.1) is 0 Å². The molecule has 0 fully saturated rings. The Hall–Kier alpha value is -2.00. The topological polar surface area (TPSA) is 38.7 Å². The van der Waals surface area contributed by atoms with Crippen molar-refractivity contribution in [3.63, 3.8) is 0 Å². The Kier molecular flexibility index (Phi) is 7.33. The Morgan fingerprint density at radius 2 is 1.45 bits per heavy atom. The predicted octanol–water partition coefficient (Wildman–Crippen LogP) is 4.20. The van der Waals surface area contributed by atoms with Gasteiger partial charge in [-0.1, -0.05) is 42.8 Å². The fourth-order valence-corrected chi connectivity index (χ4v) is 2.15. The van der Waals surface area contributed by atoms with Gasteiger partial charge < -0.3 is 14.6 Å². The Bertz CT molecular complexity index is 525. The summed E-state index contributed by atoms with van der Waals surface area (Å²) in [6, 6.07) is 17.9. The number of benzene rings is 2. The molecule has 22 heavy (non-hydrogen) atoms. The lowest BCUT2D eigenvalue weighted by molar-refractivity contribution is 0.272. The van der Waals surface area contributed by atoms with E-state index in [1.165, 1.54) is 0 Å².